The molecule has 2 rings (SSSR count). The number of nitrogen functional groups attached to an aromatic ring is 1. The van der Waals surface area contributed by atoms with Crippen molar-refractivity contribution in [3.63, 3.8) is 0 Å². The van der Waals surface area contributed by atoms with Gasteiger partial charge in [-0.15, -0.1) is 0 Å². The molecule has 6 heteroatoms. The Morgan fingerprint density at radius 2 is 1.95 bits per heavy atom. The molecule has 0 bridgehead atoms. The normalized spacial score (nSPS) is 10.5. The zero-order chi connectivity index (χ0) is 15.6. The third kappa shape index (κ3) is 3.65. The van der Waals surface area contributed by atoms with E-state index in [0.29, 0.717) is 10.0 Å². The van der Waals surface area contributed by atoms with Gasteiger partial charge in [0.05, 0.1) is 5.56 Å². The van der Waals surface area contributed by atoms with E-state index in [2.05, 4.69) is 0 Å². The predicted molar refractivity (Wildman–Crippen MR) is 83.1 cm³/mol. The summed E-state index contributed by atoms with van der Waals surface area (Å²) >= 11 is 11.9. The number of hydrogen-bond donors (Lipinski definition) is 1. The maximum atomic E-state index is 13.2. The van der Waals surface area contributed by atoms with Gasteiger partial charge in [0, 0.05) is 29.3 Å². The van der Waals surface area contributed by atoms with E-state index in [4.69, 9.17) is 28.9 Å². The first kappa shape index (κ1) is 15.6. The van der Waals surface area contributed by atoms with Crippen LogP contribution in [0.5, 0.6) is 0 Å². The number of rotatable bonds is 3. The summed E-state index contributed by atoms with van der Waals surface area (Å²) in [5.41, 5.74) is 6.82. The lowest BCUT2D eigenvalue weighted by atomic mass is 10.1. The smallest absolute Gasteiger partial charge is 0.256 e. The van der Waals surface area contributed by atoms with Gasteiger partial charge in [0.25, 0.3) is 5.91 Å². The Kier molecular flexibility index (Phi) is 4.70. The van der Waals surface area contributed by atoms with E-state index < -0.39 is 5.82 Å². The van der Waals surface area contributed by atoms with Crippen molar-refractivity contribution in [2.45, 2.75) is 6.54 Å². The number of nitrogens with two attached hydrogens (primary N) is 1. The maximum Gasteiger partial charge on any atom is 0.256 e. The number of carbonyl (C=O) groups is 1. The van der Waals surface area contributed by atoms with Crippen molar-refractivity contribution in [3.05, 3.63) is 63.4 Å². The Morgan fingerprint density at radius 3 is 2.62 bits per heavy atom. The van der Waals surface area contributed by atoms with E-state index in [1.165, 1.54) is 17.0 Å². The highest BCUT2D eigenvalue weighted by Crippen LogP contribution is 2.23. The number of nitrogens with zero attached hydrogens (tertiary/aromatic N) is 1. The molecule has 21 heavy (non-hydrogen) atoms. The van der Waals surface area contributed by atoms with E-state index in [9.17, 15) is 9.18 Å². The summed E-state index contributed by atoms with van der Waals surface area (Å²) in [7, 11) is 1.59. The largest absolute Gasteiger partial charge is 0.398 e. The molecule has 0 saturated heterocycles. The van der Waals surface area contributed by atoms with Crippen LogP contribution in [0.15, 0.2) is 36.4 Å². The van der Waals surface area contributed by atoms with Crippen LogP contribution in [-0.2, 0) is 6.54 Å². The first-order valence-electron chi connectivity index (χ1n) is 6.13. The molecule has 0 saturated carbocycles. The first-order valence-corrected chi connectivity index (χ1v) is 6.88. The van der Waals surface area contributed by atoms with Crippen LogP contribution < -0.4 is 5.73 Å². The van der Waals surface area contributed by atoms with Crippen LogP contribution in [0.3, 0.4) is 0 Å². The zero-order valence-electron chi connectivity index (χ0n) is 11.2. The molecule has 0 spiro atoms. The molecule has 0 aliphatic heterocycles. The highest BCUT2D eigenvalue weighted by Gasteiger charge is 2.16. The van der Waals surface area contributed by atoms with Gasteiger partial charge in [-0.3, -0.25) is 4.79 Å². The number of amides is 1. The molecular weight excluding hydrogens is 314 g/mol. The summed E-state index contributed by atoms with van der Waals surface area (Å²) in [6.45, 7) is 0.269. The molecule has 3 nitrogen and oxygen atoms in total. The molecule has 2 N–H and O–H groups in total. The molecule has 0 fully saturated rings. The van der Waals surface area contributed by atoms with E-state index in [-0.39, 0.29) is 23.7 Å². The Bertz CT molecular complexity index is 691. The predicted octanol–water partition coefficient (Wildman–Crippen LogP) is 3.99. The Morgan fingerprint density at radius 1 is 1.24 bits per heavy atom. The maximum absolute atomic E-state index is 13.2. The van der Waals surface area contributed by atoms with Gasteiger partial charge in [-0.1, -0.05) is 29.3 Å². The second kappa shape index (κ2) is 6.33. The second-order valence-electron chi connectivity index (χ2n) is 4.63. The zero-order valence-corrected chi connectivity index (χ0v) is 12.7. The molecule has 2 aromatic carbocycles. The summed E-state index contributed by atoms with van der Waals surface area (Å²) in [6, 6.07) is 8.74. The topological polar surface area (TPSA) is 46.3 Å². The van der Waals surface area contributed by atoms with Gasteiger partial charge < -0.3 is 10.6 Å². The standard InChI is InChI=1S/C15H13Cl2FN2O/c1-20(8-9-2-3-10(16)6-13(9)17)15(21)12-7-11(18)4-5-14(12)19/h2-7H,8,19H2,1H3. The Balaban J connectivity index is 2.21. The minimum atomic E-state index is -0.509. The first-order chi connectivity index (χ1) is 9.88. The van der Waals surface area contributed by atoms with Crippen molar-refractivity contribution in [2.75, 3.05) is 12.8 Å². The van der Waals surface area contributed by atoms with E-state index in [1.807, 2.05) is 0 Å². The van der Waals surface area contributed by atoms with Gasteiger partial charge in [0.1, 0.15) is 5.82 Å². The SMILES string of the molecule is CN(Cc1ccc(Cl)cc1Cl)C(=O)c1cc(F)ccc1N. The molecule has 1 amide bonds. The van der Waals surface area contributed by atoms with Gasteiger partial charge in [-0.2, -0.15) is 0 Å². The number of halogens is 3. The Labute approximate surface area is 132 Å². The number of benzene rings is 2. The average Bonchev–Trinajstić information content (AvgIpc) is 2.43. The second-order valence-corrected chi connectivity index (χ2v) is 5.47. The van der Waals surface area contributed by atoms with Crippen molar-refractivity contribution in [2.24, 2.45) is 0 Å². The molecule has 0 atom stereocenters. The van der Waals surface area contributed by atoms with Crippen molar-refractivity contribution in [1.29, 1.82) is 0 Å². The molecule has 0 aliphatic rings. The van der Waals surface area contributed by atoms with Gasteiger partial charge in [0.15, 0.2) is 0 Å². The van der Waals surface area contributed by atoms with Crippen LogP contribution >= 0.6 is 23.2 Å². The van der Waals surface area contributed by atoms with Crippen molar-refractivity contribution < 1.29 is 9.18 Å². The van der Waals surface area contributed by atoms with Crippen LogP contribution in [0.2, 0.25) is 10.0 Å². The lowest BCUT2D eigenvalue weighted by Crippen LogP contribution is -2.27. The molecule has 0 aromatic heterocycles. The van der Waals surface area contributed by atoms with Crippen molar-refractivity contribution in [3.8, 4) is 0 Å². The summed E-state index contributed by atoms with van der Waals surface area (Å²) in [5.74, 6) is -0.886. The molecule has 0 radical (unpaired) electrons. The van der Waals surface area contributed by atoms with Crippen LogP contribution in [-0.4, -0.2) is 17.9 Å². The third-order valence-corrected chi connectivity index (χ3v) is 3.60. The fourth-order valence-electron chi connectivity index (χ4n) is 1.90. The van der Waals surface area contributed by atoms with Gasteiger partial charge in [0.2, 0.25) is 0 Å². The summed E-state index contributed by atoms with van der Waals surface area (Å²) < 4.78 is 13.2. The Hall–Kier alpha value is -1.78. The lowest BCUT2D eigenvalue weighted by Gasteiger charge is -2.19. The quantitative estimate of drug-likeness (QED) is 0.867. The third-order valence-electron chi connectivity index (χ3n) is 3.02. The fourth-order valence-corrected chi connectivity index (χ4v) is 2.36. The van der Waals surface area contributed by atoms with Gasteiger partial charge >= 0.3 is 0 Å². The minimum Gasteiger partial charge on any atom is -0.398 e. The summed E-state index contributed by atoms with van der Waals surface area (Å²) in [5, 5.41) is 0.987. The summed E-state index contributed by atoms with van der Waals surface area (Å²) in [4.78, 5) is 13.7. The van der Waals surface area contributed by atoms with Crippen LogP contribution in [0.1, 0.15) is 15.9 Å². The van der Waals surface area contributed by atoms with Crippen LogP contribution in [0.4, 0.5) is 10.1 Å². The number of hydrogen-bond acceptors (Lipinski definition) is 2. The van der Waals surface area contributed by atoms with E-state index >= 15 is 0 Å². The minimum absolute atomic E-state index is 0.127. The molecule has 2 aromatic rings. The van der Waals surface area contributed by atoms with Crippen molar-refractivity contribution >= 4 is 34.8 Å². The fraction of sp³-hybridized carbons (Fsp3) is 0.133. The highest BCUT2D eigenvalue weighted by atomic mass is 35.5. The lowest BCUT2D eigenvalue weighted by molar-refractivity contribution is 0.0785. The van der Waals surface area contributed by atoms with Crippen molar-refractivity contribution in [1.82, 2.24) is 4.90 Å². The monoisotopic (exact) mass is 326 g/mol. The van der Waals surface area contributed by atoms with E-state index in [1.54, 1.807) is 25.2 Å². The molecule has 0 unspecified atom stereocenters. The van der Waals surface area contributed by atoms with Crippen LogP contribution in [0.25, 0.3) is 0 Å². The van der Waals surface area contributed by atoms with Gasteiger partial charge in [-0.05, 0) is 35.9 Å². The summed E-state index contributed by atoms with van der Waals surface area (Å²) in [6.07, 6.45) is 0. The average molecular weight is 327 g/mol. The number of anilines is 1. The molecule has 0 heterocycles. The molecular formula is C15H13Cl2FN2O. The highest BCUT2D eigenvalue weighted by molar-refractivity contribution is 6.35. The molecule has 110 valence electrons. The van der Waals surface area contributed by atoms with Crippen LogP contribution in [0, 0.1) is 5.82 Å². The number of carbonyl (C=O) groups excluding carboxylic acids is 1. The van der Waals surface area contributed by atoms with E-state index in [0.717, 1.165) is 11.6 Å². The van der Waals surface area contributed by atoms with Gasteiger partial charge in [-0.25, -0.2) is 4.39 Å². The molecule has 0 aliphatic carbocycles.